The molecule has 6 nitrogen and oxygen atoms in total. The molecule has 4 rings (SSSR count). The average molecular weight is 377 g/mol. The van der Waals surface area contributed by atoms with E-state index in [1.165, 1.54) is 0 Å². The minimum Gasteiger partial charge on any atom is -0.491 e. The zero-order valence-electron chi connectivity index (χ0n) is 16.2. The third-order valence-electron chi connectivity index (χ3n) is 5.03. The molecule has 2 heterocycles. The van der Waals surface area contributed by atoms with Crippen LogP contribution in [0.1, 0.15) is 29.8 Å². The number of rotatable bonds is 2. The standard InChI is InChI=1S/C22H23N3O3/c1-14-8-9-17(12-19(14)21-23-15(2)13-28-21)24-22(26)25-10-11-27-20-7-5-4-6-18(20)16(25)3/h4-9,12-13,16H,10-11H2,1-3H3,(H,24,26)/t16-/m0/s1. The van der Waals surface area contributed by atoms with E-state index in [4.69, 9.17) is 9.15 Å². The Morgan fingerprint density at radius 3 is 2.82 bits per heavy atom. The number of nitrogens with one attached hydrogen (secondary N) is 1. The highest BCUT2D eigenvalue weighted by molar-refractivity contribution is 5.90. The van der Waals surface area contributed by atoms with Crippen molar-refractivity contribution in [3.8, 4) is 17.2 Å². The number of carbonyl (C=O) groups excluding carboxylic acids is 1. The quantitative estimate of drug-likeness (QED) is 0.686. The summed E-state index contributed by atoms with van der Waals surface area (Å²) in [5.41, 5.74) is 4.43. The number of aromatic nitrogens is 1. The third kappa shape index (κ3) is 3.45. The molecule has 2 aromatic carbocycles. The predicted octanol–water partition coefficient (Wildman–Crippen LogP) is 4.95. The van der Waals surface area contributed by atoms with Gasteiger partial charge < -0.3 is 19.4 Å². The van der Waals surface area contributed by atoms with Gasteiger partial charge in [-0.1, -0.05) is 24.3 Å². The van der Waals surface area contributed by atoms with Gasteiger partial charge in [0.2, 0.25) is 5.89 Å². The summed E-state index contributed by atoms with van der Waals surface area (Å²) in [7, 11) is 0. The van der Waals surface area contributed by atoms with E-state index < -0.39 is 0 Å². The van der Waals surface area contributed by atoms with E-state index in [-0.39, 0.29) is 12.1 Å². The van der Waals surface area contributed by atoms with Gasteiger partial charge >= 0.3 is 6.03 Å². The van der Waals surface area contributed by atoms with E-state index in [0.717, 1.165) is 28.1 Å². The van der Waals surface area contributed by atoms with E-state index >= 15 is 0 Å². The van der Waals surface area contributed by atoms with Crippen molar-refractivity contribution in [2.45, 2.75) is 26.8 Å². The number of benzene rings is 2. The number of nitrogens with zero attached hydrogens (tertiary/aromatic N) is 2. The van der Waals surface area contributed by atoms with Gasteiger partial charge in [0.15, 0.2) is 0 Å². The highest BCUT2D eigenvalue weighted by atomic mass is 16.5. The van der Waals surface area contributed by atoms with Crippen molar-refractivity contribution >= 4 is 11.7 Å². The first kappa shape index (κ1) is 18.1. The van der Waals surface area contributed by atoms with Crippen molar-refractivity contribution in [1.29, 1.82) is 0 Å². The van der Waals surface area contributed by atoms with Gasteiger partial charge in [0.05, 0.1) is 18.3 Å². The number of fused-ring (bicyclic) bond motifs is 1. The second-order valence-electron chi connectivity index (χ2n) is 7.01. The van der Waals surface area contributed by atoms with Crippen LogP contribution in [-0.4, -0.2) is 29.1 Å². The number of ether oxygens (including phenoxy) is 1. The van der Waals surface area contributed by atoms with Gasteiger partial charge in [-0.15, -0.1) is 0 Å². The number of carbonyl (C=O) groups is 1. The SMILES string of the molecule is Cc1coc(-c2cc(NC(=O)N3CCOc4ccccc4[C@@H]3C)ccc2C)n1. The molecule has 0 radical (unpaired) electrons. The van der Waals surface area contributed by atoms with Gasteiger partial charge in [-0.2, -0.15) is 0 Å². The lowest BCUT2D eigenvalue weighted by molar-refractivity contribution is 0.185. The van der Waals surface area contributed by atoms with Gasteiger partial charge in [0.1, 0.15) is 18.6 Å². The Kier molecular flexibility index (Phi) is 4.77. The van der Waals surface area contributed by atoms with E-state index in [1.807, 2.05) is 63.2 Å². The number of anilines is 1. The number of hydrogen-bond donors (Lipinski definition) is 1. The van der Waals surface area contributed by atoms with Crippen LogP contribution in [0.15, 0.2) is 53.1 Å². The molecule has 0 aliphatic carbocycles. The molecule has 6 heteroatoms. The smallest absolute Gasteiger partial charge is 0.322 e. The number of para-hydroxylation sites is 1. The first-order valence-corrected chi connectivity index (χ1v) is 9.35. The Morgan fingerprint density at radius 2 is 2.04 bits per heavy atom. The number of oxazole rings is 1. The summed E-state index contributed by atoms with van der Waals surface area (Å²) < 4.78 is 11.3. The van der Waals surface area contributed by atoms with E-state index in [9.17, 15) is 4.79 Å². The molecule has 0 saturated heterocycles. The fourth-order valence-electron chi connectivity index (χ4n) is 3.45. The van der Waals surface area contributed by atoms with Crippen LogP contribution in [0.3, 0.4) is 0 Å². The van der Waals surface area contributed by atoms with E-state index in [2.05, 4.69) is 10.3 Å². The molecular formula is C22H23N3O3. The molecule has 144 valence electrons. The van der Waals surface area contributed by atoms with Crippen LogP contribution >= 0.6 is 0 Å². The van der Waals surface area contributed by atoms with Crippen molar-refractivity contribution in [3.63, 3.8) is 0 Å². The lowest BCUT2D eigenvalue weighted by Crippen LogP contribution is -2.38. The molecule has 28 heavy (non-hydrogen) atoms. The molecule has 1 N–H and O–H groups in total. The van der Waals surface area contributed by atoms with Crippen LogP contribution in [0.2, 0.25) is 0 Å². The summed E-state index contributed by atoms with van der Waals surface area (Å²) in [6, 6.07) is 13.3. The summed E-state index contributed by atoms with van der Waals surface area (Å²) in [6.45, 7) is 6.87. The molecule has 1 aliphatic rings. The molecule has 0 fully saturated rings. The monoisotopic (exact) mass is 377 g/mol. The van der Waals surface area contributed by atoms with E-state index in [1.54, 1.807) is 11.2 Å². The lowest BCUT2D eigenvalue weighted by atomic mass is 10.1. The molecule has 0 unspecified atom stereocenters. The summed E-state index contributed by atoms with van der Waals surface area (Å²) in [5.74, 6) is 1.39. The number of urea groups is 1. The minimum atomic E-state index is -0.161. The topological polar surface area (TPSA) is 67.6 Å². The summed E-state index contributed by atoms with van der Waals surface area (Å²) in [6.07, 6.45) is 1.62. The van der Waals surface area contributed by atoms with Crippen LogP contribution in [0, 0.1) is 13.8 Å². The van der Waals surface area contributed by atoms with Crippen molar-refractivity contribution in [2.75, 3.05) is 18.5 Å². The Morgan fingerprint density at radius 1 is 1.21 bits per heavy atom. The number of aryl methyl sites for hydroxylation is 2. The first-order chi connectivity index (χ1) is 13.5. The predicted molar refractivity (Wildman–Crippen MR) is 107 cm³/mol. The zero-order chi connectivity index (χ0) is 19.7. The summed E-state index contributed by atoms with van der Waals surface area (Å²) >= 11 is 0. The summed E-state index contributed by atoms with van der Waals surface area (Å²) in [5, 5.41) is 3.01. The van der Waals surface area contributed by atoms with Gasteiger partial charge in [-0.25, -0.2) is 9.78 Å². The fraction of sp³-hybridized carbons (Fsp3) is 0.273. The van der Waals surface area contributed by atoms with Crippen LogP contribution in [-0.2, 0) is 0 Å². The van der Waals surface area contributed by atoms with Crippen LogP contribution in [0.4, 0.5) is 10.5 Å². The molecule has 1 atom stereocenters. The number of hydrogen-bond acceptors (Lipinski definition) is 4. The van der Waals surface area contributed by atoms with Gasteiger partial charge in [-0.05, 0) is 44.5 Å². The van der Waals surface area contributed by atoms with Gasteiger partial charge in [-0.3, -0.25) is 0 Å². The maximum Gasteiger partial charge on any atom is 0.322 e. The normalized spacial score (nSPS) is 16.1. The van der Waals surface area contributed by atoms with E-state index in [0.29, 0.717) is 24.7 Å². The molecule has 0 bridgehead atoms. The highest BCUT2D eigenvalue weighted by Crippen LogP contribution is 2.32. The first-order valence-electron chi connectivity index (χ1n) is 9.35. The maximum atomic E-state index is 13.0. The summed E-state index contributed by atoms with van der Waals surface area (Å²) in [4.78, 5) is 19.2. The second-order valence-corrected chi connectivity index (χ2v) is 7.01. The molecule has 1 aliphatic heterocycles. The van der Waals surface area contributed by atoms with Crippen molar-refractivity contribution < 1.29 is 13.9 Å². The van der Waals surface area contributed by atoms with Gasteiger partial charge in [0, 0.05) is 16.8 Å². The van der Waals surface area contributed by atoms with Crippen molar-refractivity contribution in [2.24, 2.45) is 0 Å². The number of amides is 2. The zero-order valence-corrected chi connectivity index (χ0v) is 16.2. The second kappa shape index (κ2) is 7.38. The Balaban J connectivity index is 1.57. The molecular weight excluding hydrogens is 354 g/mol. The van der Waals surface area contributed by atoms with Crippen LogP contribution in [0.25, 0.3) is 11.5 Å². The van der Waals surface area contributed by atoms with Gasteiger partial charge in [0.25, 0.3) is 0 Å². The lowest BCUT2D eigenvalue weighted by Gasteiger charge is -2.27. The molecule has 2 amide bonds. The van der Waals surface area contributed by atoms with Crippen LogP contribution in [0.5, 0.6) is 5.75 Å². The molecule has 0 saturated carbocycles. The molecule has 0 spiro atoms. The maximum absolute atomic E-state index is 13.0. The van der Waals surface area contributed by atoms with Crippen LogP contribution < -0.4 is 10.1 Å². The largest absolute Gasteiger partial charge is 0.491 e. The molecule has 3 aromatic rings. The van der Waals surface area contributed by atoms with Crippen molar-refractivity contribution in [3.05, 3.63) is 65.5 Å². The highest BCUT2D eigenvalue weighted by Gasteiger charge is 2.26. The average Bonchev–Trinajstić information content (AvgIpc) is 3.04. The Labute approximate surface area is 164 Å². The Hall–Kier alpha value is -3.28. The minimum absolute atomic E-state index is 0.0852. The Bertz CT molecular complexity index is 1010. The third-order valence-corrected chi connectivity index (χ3v) is 5.03. The van der Waals surface area contributed by atoms with Crippen molar-refractivity contribution in [1.82, 2.24) is 9.88 Å². The fourth-order valence-corrected chi connectivity index (χ4v) is 3.45. The molecule has 1 aromatic heterocycles.